The van der Waals surface area contributed by atoms with Crippen LogP contribution >= 0.6 is 0 Å². The van der Waals surface area contributed by atoms with Gasteiger partial charge in [-0.15, -0.1) is 0 Å². The lowest BCUT2D eigenvalue weighted by Crippen LogP contribution is -2.61. The minimum absolute atomic E-state index is 0.0388. The van der Waals surface area contributed by atoms with Crippen LogP contribution in [0.3, 0.4) is 0 Å². The van der Waals surface area contributed by atoms with Crippen molar-refractivity contribution in [3.8, 4) is 22.4 Å². The van der Waals surface area contributed by atoms with Gasteiger partial charge in [-0.3, -0.25) is 34.1 Å². The van der Waals surface area contributed by atoms with Crippen molar-refractivity contribution in [3.05, 3.63) is 90.3 Å². The highest BCUT2D eigenvalue weighted by atomic mass is 16.5. The number of methoxy groups -OCH3 is 1. The average Bonchev–Trinajstić information content (AvgIpc) is 3.94. The number of pyridine rings is 1. The predicted molar refractivity (Wildman–Crippen MR) is 268 cm³/mol. The molecule has 15 nitrogen and oxygen atoms in total. The number of likely N-dealkylation sites (tertiary alicyclic amines) is 1. The molecule has 3 aliphatic rings. The van der Waals surface area contributed by atoms with Gasteiger partial charge < -0.3 is 33.8 Å². The molecule has 7 rings (SSSR count). The summed E-state index contributed by atoms with van der Waals surface area (Å²) in [4.78, 5) is 69.3. The molecule has 0 radical (unpaired) electrons. The van der Waals surface area contributed by atoms with E-state index >= 15 is 0 Å². The largest absolute Gasteiger partial charge is 0.467 e. The normalized spacial score (nSPS) is 17.7. The van der Waals surface area contributed by atoms with Crippen molar-refractivity contribution in [2.24, 2.45) is 17.3 Å². The molecule has 2 aromatic heterocycles. The first-order valence-electron chi connectivity index (χ1n) is 24.4. The maximum Gasteiger partial charge on any atom is 0.293 e. The molecule has 0 aliphatic carbocycles. The molecule has 3 aliphatic heterocycles. The number of aromatic nitrogens is 2. The third kappa shape index (κ3) is 12.7. The number of amides is 3. The van der Waals surface area contributed by atoms with Crippen molar-refractivity contribution >= 4 is 41.4 Å². The Hall–Kier alpha value is -5.74. The molecule has 0 bridgehead atoms. The molecule has 15 heteroatoms. The first-order valence-corrected chi connectivity index (χ1v) is 24.4. The first kappa shape index (κ1) is 52.6. The molecule has 2 aromatic carbocycles. The van der Waals surface area contributed by atoms with Gasteiger partial charge in [0.05, 0.1) is 49.4 Å². The summed E-state index contributed by atoms with van der Waals surface area (Å²) < 4.78 is 18.9. The highest BCUT2D eigenvalue weighted by Crippen LogP contribution is 2.42. The second kappa shape index (κ2) is 24.2. The Morgan fingerprint density at radius 2 is 1.81 bits per heavy atom. The molecule has 2 N–H and O–H groups in total. The third-order valence-corrected chi connectivity index (χ3v) is 13.6. The molecular weight excluding hydrogens is 875 g/mol. The summed E-state index contributed by atoms with van der Waals surface area (Å²) in [7, 11) is 3.67. The molecule has 0 saturated carbocycles. The molecule has 4 aromatic rings. The van der Waals surface area contributed by atoms with E-state index in [9.17, 15) is 24.0 Å². The minimum Gasteiger partial charge on any atom is -0.467 e. The number of aryl methyl sites for hydroxylation is 1. The number of carbonyl (C=O) groups is 5. The van der Waals surface area contributed by atoms with E-state index in [-0.39, 0.29) is 53.7 Å². The van der Waals surface area contributed by atoms with Crippen LogP contribution in [-0.2, 0) is 57.6 Å². The van der Waals surface area contributed by atoms with Gasteiger partial charge in [0, 0.05) is 80.3 Å². The van der Waals surface area contributed by atoms with Crippen molar-refractivity contribution in [1.29, 1.82) is 0 Å². The van der Waals surface area contributed by atoms with Crippen LogP contribution in [0.15, 0.2) is 73.4 Å². The summed E-state index contributed by atoms with van der Waals surface area (Å²) in [5, 5.41) is 5.99. The Morgan fingerprint density at radius 1 is 1.04 bits per heavy atom. The van der Waals surface area contributed by atoms with Gasteiger partial charge in [0.25, 0.3) is 12.4 Å². The zero-order valence-electron chi connectivity index (χ0n) is 41.9. The Morgan fingerprint density at radius 3 is 2.43 bits per heavy atom. The number of aldehydes is 1. The second-order valence-corrected chi connectivity index (χ2v) is 19.7. The molecule has 372 valence electrons. The van der Waals surface area contributed by atoms with Crippen LogP contribution < -0.4 is 10.7 Å². The lowest BCUT2D eigenvalue weighted by atomic mass is 9.84. The highest BCUT2D eigenvalue weighted by molar-refractivity contribution is 5.95. The number of likely N-dealkylation sites (N-methyl/N-ethyl adjacent to an activating group) is 1. The lowest BCUT2D eigenvalue weighted by Gasteiger charge is -2.41. The molecule has 4 unspecified atom stereocenters. The maximum absolute atomic E-state index is 14.2. The number of nitrogens with zero attached hydrogens (tertiary/aromatic N) is 5. The molecule has 4 atom stereocenters. The van der Waals surface area contributed by atoms with Gasteiger partial charge in [-0.05, 0) is 105 Å². The molecule has 0 spiro atoms. The maximum atomic E-state index is 14.2. The fraction of sp³-hybridized carbons (Fsp3) is 0.519. The van der Waals surface area contributed by atoms with Gasteiger partial charge >= 0.3 is 0 Å². The van der Waals surface area contributed by atoms with Gasteiger partial charge in [-0.25, -0.2) is 5.43 Å². The number of hydrogen-bond acceptors (Lipinski definition) is 11. The number of hydrazine groups is 1. The topological polar surface area (TPSA) is 165 Å². The summed E-state index contributed by atoms with van der Waals surface area (Å²) in [6.45, 7) is 21.2. The number of ether oxygens (including phenoxy) is 3. The summed E-state index contributed by atoms with van der Waals surface area (Å²) in [6, 6.07) is 18.0. The van der Waals surface area contributed by atoms with Gasteiger partial charge in [-0.1, -0.05) is 64.6 Å². The Bertz CT molecular complexity index is 2420. The van der Waals surface area contributed by atoms with Crippen LogP contribution in [0.25, 0.3) is 33.3 Å². The van der Waals surface area contributed by atoms with Crippen molar-refractivity contribution in [2.45, 2.75) is 104 Å². The van der Waals surface area contributed by atoms with E-state index in [1.807, 2.05) is 46.0 Å². The standard InChI is InChI=1S/C46H62N6O6.C8H11NO2/c1-9-51-40-18-17-34(24-37(40)38(25-46(5,6)28-58-29-53)43(51)36-16-13-19-47-41(36)31(4)56-8)33-15-12-14-32(22-33)23-39(45(55)52-21-11-10-20-48-52)49-44(54)42(30(2)3)50(7)35-26-57-27-35;1-2-8(11)9-4-3-7(5-9)6-10/h12-19,22,24,29-31,35,39,42,48H,9-11,20-21,23,25-28H2,1-8H3,(H,49,54);2,6-7H,1,3-5H2. The SMILES string of the molecule is C=CC(=O)N1CCC(C=O)C1.CCn1c(-c2cccnc2C(C)OC)c(CC(C)(C)COC=O)c2cc(-c3cccc(CC(NC(=O)C(C(C)C)N(C)C4COC4)C(=O)N4CCCCN4)c3)ccc21. The monoisotopic (exact) mass is 948 g/mol. The second-order valence-electron chi connectivity index (χ2n) is 19.7. The molecule has 3 amide bonds. The fourth-order valence-corrected chi connectivity index (χ4v) is 9.77. The minimum atomic E-state index is -0.755. The Balaban J connectivity index is 0.000000626. The van der Waals surface area contributed by atoms with Gasteiger partial charge in [0.1, 0.15) is 12.3 Å². The molecule has 5 heterocycles. The predicted octanol–water partition coefficient (Wildman–Crippen LogP) is 6.57. The summed E-state index contributed by atoms with van der Waals surface area (Å²) in [5.74, 6) is -0.276. The molecular formula is C54H73N7O8. The summed E-state index contributed by atoms with van der Waals surface area (Å²) in [5.41, 5.74) is 11.1. The van der Waals surface area contributed by atoms with Crippen LogP contribution in [0.1, 0.15) is 83.7 Å². The van der Waals surface area contributed by atoms with Gasteiger partial charge in [0.15, 0.2) is 0 Å². The van der Waals surface area contributed by atoms with E-state index in [4.69, 9.17) is 19.2 Å². The third-order valence-electron chi connectivity index (χ3n) is 13.6. The Labute approximate surface area is 407 Å². The van der Waals surface area contributed by atoms with Crippen LogP contribution in [0.5, 0.6) is 0 Å². The number of hydrogen-bond donors (Lipinski definition) is 2. The molecule has 3 saturated heterocycles. The summed E-state index contributed by atoms with van der Waals surface area (Å²) in [6.07, 6.45) is 7.47. The van der Waals surface area contributed by atoms with Gasteiger partial charge in [-0.2, -0.15) is 0 Å². The zero-order chi connectivity index (χ0) is 49.8. The van der Waals surface area contributed by atoms with Crippen LogP contribution in [0.4, 0.5) is 0 Å². The summed E-state index contributed by atoms with van der Waals surface area (Å²) >= 11 is 0. The Kier molecular flexibility index (Phi) is 18.5. The van der Waals surface area contributed by atoms with E-state index in [1.54, 1.807) is 23.2 Å². The molecule has 69 heavy (non-hydrogen) atoms. The average molecular weight is 948 g/mol. The van der Waals surface area contributed by atoms with E-state index in [0.29, 0.717) is 52.2 Å². The van der Waals surface area contributed by atoms with Crippen LogP contribution in [-0.4, -0.2) is 133 Å². The van der Waals surface area contributed by atoms with Crippen molar-refractivity contribution < 1.29 is 38.2 Å². The highest BCUT2D eigenvalue weighted by Gasteiger charge is 2.37. The molecule has 3 fully saturated rings. The lowest BCUT2D eigenvalue weighted by molar-refractivity contribution is -0.143. The van der Waals surface area contributed by atoms with E-state index in [1.165, 1.54) is 6.08 Å². The zero-order valence-corrected chi connectivity index (χ0v) is 41.9. The first-order chi connectivity index (χ1) is 33.1. The van der Waals surface area contributed by atoms with Crippen LogP contribution in [0, 0.1) is 17.3 Å². The van der Waals surface area contributed by atoms with Crippen molar-refractivity contribution in [2.75, 3.05) is 60.2 Å². The number of rotatable bonds is 20. The van der Waals surface area contributed by atoms with Gasteiger partial charge in [0.2, 0.25) is 11.8 Å². The smallest absolute Gasteiger partial charge is 0.293 e. The fourth-order valence-electron chi connectivity index (χ4n) is 9.77. The van der Waals surface area contributed by atoms with Crippen LogP contribution in [0.2, 0.25) is 0 Å². The van der Waals surface area contributed by atoms with E-state index in [0.717, 1.165) is 88.7 Å². The number of nitrogens with one attached hydrogen (secondary N) is 2. The van der Waals surface area contributed by atoms with E-state index < -0.39 is 12.1 Å². The van der Waals surface area contributed by atoms with Crippen molar-refractivity contribution in [3.63, 3.8) is 0 Å². The van der Waals surface area contributed by atoms with Crippen molar-refractivity contribution in [1.82, 2.24) is 35.1 Å². The quantitative estimate of drug-likeness (QED) is 0.0728. The number of fused-ring (bicyclic) bond motifs is 1. The van der Waals surface area contributed by atoms with E-state index in [2.05, 4.69) is 84.0 Å². The number of benzene rings is 2. The number of carbonyl (C=O) groups excluding carboxylic acids is 5.